The summed E-state index contributed by atoms with van der Waals surface area (Å²) >= 11 is 0. The van der Waals surface area contributed by atoms with Crippen molar-refractivity contribution in [1.82, 2.24) is 4.57 Å². The van der Waals surface area contributed by atoms with Gasteiger partial charge in [-0.15, -0.1) is 0 Å². The summed E-state index contributed by atoms with van der Waals surface area (Å²) < 4.78 is 2.38. The van der Waals surface area contributed by atoms with Gasteiger partial charge >= 0.3 is 0 Å². The molecule has 0 atom stereocenters. The largest absolute Gasteiger partial charge is 0.309 e. The van der Waals surface area contributed by atoms with E-state index < -0.39 is 0 Å². The first-order valence-electron chi connectivity index (χ1n) is 12.0. The van der Waals surface area contributed by atoms with Crippen LogP contribution >= 0.6 is 0 Å². The summed E-state index contributed by atoms with van der Waals surface area (Å²) in [5, 5.41) is 5.11. The second-order valence-electron chi connectivity index (χ2n) is 8.99. The Morgan fingerprint density at radius 2 is 0.886 bits per heavy atom. The normalized spacial score (nSPS) is 11.4. The molecule has 164 valence electrons. The molecule has 0 saturated heterocycles. The van der Waals surface area contributed by atoms with E-state index in [1.807, 2.05) is 0 Å². The van der Waals surface area contributed by atoms with E-state index in [9.17, 15) is 0 Å². The molecule has 0 aliphatic rings. The zero-order chi connectivity index (χ0) is 23.2. The third-order valence-corrected chi connectivity index (χ3v) is 7.01. The molecule has 35 heavy (non-hydrogen) atoms. The summed E-state index contributed by atoms with van der Waals surface area (Å²) in [5.41, 5.74) is 8.64. The van der Waals surface area contributed by atoms with E-state index in [1.165, 1.54) is 60.5 Å². The van der Waals surface area contributed by atoms with Crippen LogP contribution in [0.4, 0.5) is 0 Å². The summed E-state index contributed by atoms with van der Waals surface area (Å²) in [4.78, 5) is 0. The fraction of sp³-hybridized carbons (Fsp3) is 0. The topological polar surface area (TPSA) is 4.93 Å². The van der Waals surface area contributed by atoms with Crippen molar-refractivity contribution in [1.29, 1.82) is 0 Å². The lowest BCUT2D eigenvalue weighted by molar-refractivity contribution is 1.18. The Labute approximate surface area is 204 Å². The first kappa shape index (κ1) is 19.8. The van der Waals surface area contributed by atoms with Gasteiger partial charge in [0, 0.05) is 16.5 Å². The van der Waals surface area contributed by atoms with Gasteiger partial charge in [-0.3, -0.25) is 0 Å². The average molecular weight is 446 g/mol. The van der Waals surface area contributed by atoms with Crippen LogP contribution in [-0.2, 0) is 0 Å². The van der Waals surface area contributed by atoms with Crippen molar-refractivity contribution < 1.29 is 0 Å². The lowest BCUT2D eigenvalue weighted by Gasteiger charge is -2.13. The van der Waals surface area contributed by atoms with Crippen molar-refractivity contribution in [3.8, 4) is 27.9 Å². The number of hydrogen-bond donors (Lipinski definition) is 0. The van der Waals surface area contributed by atoms with E-state index in [4.69, 9.17) is 0 Å². The van der Waals surface area contributed by atoms with Crippen LogP contribution in [0.25, 0.3) is 60.5 Å². The molecule has 1 aromatic heterocycles. The van der Waals surface area contributed by atoms with E-state index >= 15 is 0 Å². The summed E-state index contributed by atoms with van der Waals surface area (Å²) in [6, 6.07) is 50.2. The van der Waals surface area contributed by atoms with E-state index in [-0.39, 0.29) is 0 Å². The fourth-order valence-electron chi connectivity index (χ4n) is 5.41. The highest BCUT2D eigenvalue weighted by molar-refractivity contribution is 6.11. The Morgan fingerprint density at radius 1 is 0.343 bits per heavy atom. The zero-order valence-electron chi connectivity index (χ0n) is 19.2. The maximum atomic E-state index is 2.38. The van der Waals surface area contributed by atoms with Crippen LogP contribution in [0.15, 0.2) is 140 Å². The summed E-state index contributed by atoms with van der Waals surface area (Å²) in [6.45, 7) is 0. The SMILES string of the molecule is c1ccc(-c2ccc(-c3ccc4c5ccccc5n(-c5ccccc5)c4c3)c3ccccc23)cc1. The number of benzene rings is 6. The van der Waals surface area contributed by atoms with E-state index in [0.717, 1.165) is 0 Å². The van der Waals surface area contributed by atoms with Gasteiger partial charge in [0.2, 0.25) is 0 Å². The molecule has 0 unspecified atom stereocenters. The van der Waals surface area contributed by atoms with Crippen LogP contribution in [-0.4, -0.2) is 4.57 Å². The number of para-hydroxylation sites is 2. The minimum absolute atomic E-state index is 1.18. The van der Waals surface area contributed by atoms with Gasteiger partial charge in [-0.2, -0.15) is 0 Å². The first-order chi connectivity index (χ1) is 17.4. The molecule has 0 radical (unpaired) electrons. The molecule has 0 amide bonds. The molecule has 1 heterocycles. The molecule has 6 aromatic carbocycles. The maximum absolute atomic E-state index is 2.38. The van der Waals surface area contributed by atoms with Gasteiger partial charge in [-0.05, 0) is 57.3 Å². The predicted molar refractivity (Wildman–Crippen MR) is 149 cm³/mol. The van der Waals surface area contributed by atoms with Crippen LogP contribution in [0.1, 0.15) is 0 Å². The molecule has 7 aromatic rings. The molecule has 0 bridgehead atoms. The van der Waals surface area contributed by atoms with Gasteiger partial charge in [0.25, 0.3) is 0 Å². The lowest BCUT2D eigenvalue weighted by atomic mass is 9.92. The Balaban J connectivity index is 1.51. The van der Waals surface area contributed by atoms with Gasteiger partial charge in [0.05, 0.1) is 11.0 Å². The average Bonchev–Trinajstić information content (AvgIpc) is 3.27. The van der Waals surface area contributed by atoms with Gasteiger partial charge in [0.1, 0.15) is 0 Å². The second-order valence-corrected chi connectivity index (χ2v) is 8.99. The van der Waals surface area contributed by atoms with Gasteiger partial charge in [0.15, 0.2) is 0 Å². The van der Waals surface area contributed by atoms with E-state index in [0.29, 0.717) is 0 Å². The van der Waals surface area contributed by atoms with Crippen LogP contribution in [0.2, 0.25) is 0 Å². The second kappa shape index (κ2) is 8.00. The van der Waals surface area contributed by atoms with Gasteiger partial charge in [-0.25, -0.2) is 0 Å². The molecule has 0 N–H and O–H groups in total. The number of aromatic nitrogens is 1. The van der Waals surface area contributed by atoms with Gasteiger partial charge < -0.3 is 4.57 Å². The molecule has 1 heteroatoms. The van der Waals surface area contributed by atoms with Crippen molar-refractivity contribution in [3.63, 3.8) is 0 Å². The number of nitrogens with zero attached hydrogens (tertiary/aromatic N) is 1. The molecule has 0 aliphatic heterocycles. The van der Waals surface area contributed by atoms with Crippen LogP contribution in [0.3, 0.4) is 0 Å². The Kier molecular flexibility index (Phi) is 4.53. The Hall–Kier alpha value is -4.62. The number of hydrogen-bond acceptors (Lipinski definition) is 0. The third-order valence-electron chi connectivity index (χ3n) is 7.01. The summed E-state index contributed by atoms with van der Waals surface area (Å²) in [5.74, 6) is 0. The van der Waals surface area contributed by atoms with Crippen molar-refractivity contribution >= 4 is 32.6 Å². The van der Waals surface area contributed by atoms with Crippen LogP contribution < -0.4 is 0 Å². The molecule has 1 nitrogen and oxygen atoms in total. The van der Waals surface area contributed by atoms with E-state index in [2.05, 4.69) is 144 Å². The summed E-state index contributed by atoms with van der Waals surface area (Å²) in [6.07, 6.45) is 0. The van der Waals surface area contributed by atoms with Crippen molar-refractivity contribution in [2.75, 3.05) is 0 Å². The predicted octanol–water partition coefficient (Wildman–Crippen LogP) is 9.27. The first-order valence-corrected chi connectivity index (χ1v) is 12.0. The Morgan fingerprint density at radius 3 is 1.60 bits per heavy atom. The highest BCUT2D eigenvalue weighted by atomic mass is 15.0. The Bertz CT molecular complexity index is 1830. The fourth-order valence-corrected chi connectivity index (χ4v) is 5.41. The number of rotatable bonds is 3. The van der Waals surface area contributed by atoms with Crippen molar-refractivity contribution in [2.24, 2.45) is 0 Å². The minimum Gasteiger partial charge on any atom is -0.309 e. The lowest BCUT2D eigenvalue weighted by Crippen LogP contribution is -1.93. The highest BCUT2D eigenvalue weighted by Gasteiger charge is 2.14. The monoisotopic (exact) mass is 445 g/mol. The highest BCUT2D eigenvalue weighted by Crippen LogP contribution is 2.39. The summed E-state index contributed by atoms with van der Waals surface area (Å²) in [7, 11) is 0. The molecule has 7 rings (SSSR count). The van der Waals surface area contributed by atoms with Crippen molar-refractivity contribution in [2.45, 2.75) is 0 Å². The van der Waals surface area contributed by atoms with Crippen LogP contribution in [0, 0.1) is 0 Å². The maximum Gasteiger partial charge on any atom is 0.0547 e. The standard InChI is InChI=1S/C34H23N/c1-3-11-24(12-4-1)27-21-22-28(30-16-8-7-15-29(27)30)25-19-20-32-31-17-9-10-18-33(31)35(34(32)23-25)26-13-5-2-6-14-26/h1-23H. The van der Waals surface area contributed by atoms with E-state index in [1.54, 1.807) is 0 Å². The molecule has 0 aliphatic carbocycles. The molecule has 0 saturated carbocycles. The van der Waals surface area contributed by atoms with Crippen molar-refractivity contribution in [3.05, 3.63) is 140 Å². The number of fused-ring (bicyclic) bond motifs is 4. The quantitative estimate of drug-likeness (QED) is 0.255. The molecule has 0 spiro atoms. The minimum atomic E-state index is 1.18. The van der Waals surface area contributed by atoms with Gasteiger partial charge in [-0.1, -0.05) is 115 Å². The zero-order valence-corrected chi connectivity index (χ0v) is 19.2. The third kappa shape index (κ3) is 3.17. The molecular formula is C34H23N. The van der Waals surface area contributed by atoms with Crippen LogP contribution in [0.5, 0.6) is 0 Å². The smallest absolute Gasteiger partial charge is 0.0547 e. The molecule has 0 fully saturated rings. The molecular weight excluding hydrogens is 422 g/mol.